The minimum atomic E-state index is -0.133. The Bertz CT molecular complexity index is 554. The molecule has 0 unspecified atom stereocenters. The number of amides is 2. The minimum absolute atomic E-state index is 0.0575. The fraction of sp³-hybridized carbons (Fsp3) is 0.556. The van der Waals surface area contributed by atoms with Gasteiger partial charge in [-0.05, 0) is 44.9 Å². The molecule has 0 bridgehead atoms. The Kier molecular flexibility index (Phi) is 7.21. The van der Waals surface area contributed by atoms with Crippen molar-refractivity contribution >= 4 is 17.5 Å². The Morgan fingerprint density at radius 3 is 2.67 bits per heavy atom. The third-order valence-corrected chi connectivity index (χ3v) is 4.05. The second-order valence-electron chi connectivity index (χ2n) is 5.92. The molecule has 2 amide bonds. The maximum atomic E-state index is 12.2. The monoisotopic (exact) mass is 333 g/mol. The predicted molar refractivity (Wildman–Crippen MR) is 94.2 cm³/mol. The Morgan fingerprint density at radius 2 is 2.00 bits per heavy atom. The van der Waals surface area contributed by atoms with Crippen LogP contribution in [0.1, 0.15) is 37.0 Å². The van der Waals surface area contributed by atoms with Crippen molar-refractivity contribution in [1.29, 1.82) is 0 Å². The summed E-state index contributed by atoms with van der Waals surface area (Å²) >= 11 is 0. The number of rotatable bonds is 7. The van der Waals surface area contributed by atoms with Crippen molar-refractivity contribution < 1.29 is 14.3 Å². The number of likely N-dealkylation sites (tertiary alicyclic amines) is 1. The van der Waals surface area contributed by atoms with Gasteiger partial charge < -0.3 is 15.4 Å². The van der Waals surface area contributed by atoms with Crippen molar-refractivity contribution in [3.63, 3.8) is 0 Å². The van der Waals surface area contributed by atoms with E-state index in [1.165, 1.54) is 0 Å². The summed E-state index contributed by atoms with van der Waals surface area (Å²) in [5, 5.41) is 5.62. The summed E-state index contributed by atoms with van der Waals surface area (Å²) in [6.45, 7) is 7.31. The van der Waals surface area contributed by atoms with Crippen LogP contribution in [0.25, 0.3) is 0 Å². The summed E-state index contributed by atoms with van der Waals surface area (Å²) < 4.78 is 5.62. The first-order valence-electron chi connectivity index (χ1n) is 8.64. The highest BCUT2D eigenvalue weighted by molar-refractivity contribution is 5.97. The van der Waals surface area contributed by atoms with Crippen LogP contribution in [-0.2, 0) is 9.53 Å². The first kappa shape index (κ1) is 18.4. The fourth-order valence-electron chi connectivity index (χ4n) is 2.87. The molecule has 1 heterocycles. The average Bonchev–Trinajstić information content (AvgIpc) is 2.57. The summed E-state index contributed by atoms with van der Waals surface area (Å²) in [4.78, 5) is 26.2. The first-order valence-corrected chi connectivity index (χ1v) is 8.64. The quantitative estimate of drug-likeness (QED) is 0.799. The largest absolute Gasteiger partial charge is 0.378 e. The van der Waals surface area contributed by atoms with Crippen molar-refractivity contribution in [3.05, 3.63) is 29.8 Å². The lowest BCUT2D eigenvalue weighted by Crippen LogP contribution is -2.41. The summed E-state index contributed by atoms with van der Waals surface area (Å²) in [5.74, 6) is -0.190. The molecule has 132 valence electrons. The molecule has 1 aliphatic rings. The van der Waals surface area contributed by atoms with Crippen LogP contribution >= 0.6 is 0 Å². The van der Waals surface area contributed by atoms with E-state index in [-0.39, 0.29) is 11.8 Å². The van der Waals surface area contributed by atoms with Gasteiger partial charge in [0.25, 0.3) is 5.91 Å². The van der Waals surface area contributed by atoms with Gasteiger partial charge in [0.05, 0.1) is 12.6 Å². The SMILES string of the molecule is CCNC(=O)c1cccc(NC(=O)CN2CCC(OCC)CC2)c1. The molecule has 0 radical (unpaired) electrons. The lowest BCUT2D eigenvalue weighted by atomic mass is 10.1. The van der Waals surface area contributed by atoms with Crippen molar-refractivity contribution in [2.45, 2.75) is 32.8 Å². The molecular weight excluding hydrogens is 306 g/mol. The molecule has 6 nitrogen and oxygen atoms in total. The van der Waals surface area contributed by atoms with Gasteiger partial charge in [-0.15, -0.1) is 0 Å². The summed E-state index contributed by atoms with van der Waals surface area (Å²) in [6, 6.07) is 7.00. The number of ether oxygens (including phenoxy) is 1. The van der Waals surface area contributed by atoms with Gasteiger partial charge >= 0.3 is 0 Å². The molecule has 1 fully saturated rings. The third-order valence-electron chi connectivity index (χ3n) is 4.05. The van der Waals surface area contributed by atoms with Gasteiger partial charge in [-0.2, -0.15) is 0 Å². The van der Waals surface area contributed by atoms with Crippen LogP contribution in [0.2, 0.25) is 0 Å². The molecule has 0 aromatic heterocycles. The molecule has 1 aliphatic heterocycles. The molecular formula is C18H27N3O3. The van der Waals surface area contributed by atoms with Gasteiger partial charge in [0.2, 0.25) is 5.91 Å². The molecule has 24 heavy (non-hydrogen) atoms. The molecule has 2 N–H and O–H groups in total. The van der Waals surface area contributed by atoms with Gasteiger partial charge in [-0.3, -0.25) is 14.5 Å². The van der Waals surface area contributed by atoms with Crippen molar-refractivity contribution in [3.8, 4) is 0 Å². The van der Waals surface area contributed by atoms with Crippen molar-refractivity contribution in [2.75, 3.05) is 38.1 Å². The number of carbonyl (C=O) groups is 2. The maximum absolute atomic E-state index is 12.2. The van der Waals surface area contributed by atoms with E-state index in [0.717, 1.165) is 32.5 Å². The van der Waals surface area contributed by atoms with Crippen molar-refractivity contribution in [1.82, 2.24) is 10.2 Å². The van der Waals surface area contributed by atoms with E-state index < -0.39 is 0 Å². The topological polar surface area (TPSA) is 70.7 Å². The van der Waals surface area contributed by atoms with Crippen LogP contribution < -0.4 is 10.6 Å². The van der Waals surface area contributed by atoms with Gasteiger partial charge in [0, 0.05) is 37.5 Å². The zero-order valence-electron chi connectivity index (χ0n) is 14.5. The Labute approximate surface area is 143 Å². The summed E-state index contributed by atoms with van der Waals surface area (Å²) in [7, 11) is 0. The minimum Gasteiger partial charge on any atom is -0.378 e. The number of piperidine rings is 1. The third kappa shape index (κ3) is 5.62. The molecule has 1 aromatic carbocycles. The molecule has 0 saturated carbocycles. The molecule has 2 rings (SSSR count). The normalized spacial score (nSPS) is 15.9. The highest BCUT2D eigenvalue weighted by Gasteiger charge is 2.21. The summed E-state index contributed by atoms with van der Waals surface area (Å²) in [5.41, 5.74) is 1.19. The zero-order chi connectivity index (χ0) is 17.4. The van der Waals surface area contributed by atoms with E-state index in [1.54, 1.807) is 24.3 Å². The number of nitrogens with one attached hydrogen (secondary N) is 2. The van der Waals surface area contributed by atoms with Crippen LogP contribution in [0.5, 0.6) is 0 Å². The number of hydrogen-bond donors (Lipinski definition) is 2. The van der Waals surface area contributed by atoms with Crippen molar-refractivity contribution in [2.24, 2.45) is 0 Å². The summed E-state index contributed by atoms with van der Waals surface area (Å²) in [6.07, 6.45) is 2.25. The second-order valence-corrected chi connectivity index (χ2v) is 5.92. The Morgan fingerprint density at radius 1 is 1.25 bits per heavy atom. The smallest absolute Gasteiger partial charge is 0.251 e. The Balaban J connectivity index is 1.82. The van der Waals surface area contributed by atoms with E-state index >= 15 is 0 Å². The number of hydrogen-bond acceptors (Lipinski definition) is 4. The van der Waals surface area contributed by atoms with E-state index in [0.29, 0.717) is 30.4 Å². The standard InChI is InChI=1S/C18H27N3O3/c1-3-19-18(23)14-6-5-7-15(12-14)20-17(22)13-21-10-8-16(9-11-21)24-4-2/h5-7,12,16H,3-4,8-11,13H2,1-2H3,(H,19,23)(H,20,22). The first-order chi connectivity index (χ1) is 11.6. The van der Waals surface area contributed by atoms with Crippen LogP contribution in [0.4, 0.5) is 5.69 Å². The second kappa shape index (κ2) is 9.39. The van der Waals surface area contributed by atoms with Crippen LogP contribution in [0.3, 0.4) is 0 Å². The van der Waals surface area contributed by atoms with Gasteiger partial charge in [-0.1, -0.05) is 6.07 Å². The van der Waals surface area contributed by atoms with E-state index in [1.807, 2.05) is 13.8 Å². The Hall–Kier alpha value is -1.92. The lowest BCUT2D eigenvalue weighted by Gasteiger charge is -2.31. The molecule has 1 aromatic rings. The fourth-order valence-corrected chi connectivity index (χ4v) is 2.87. The van der Waals surface area contributed by atoms with Gasteiger partial charge in [0.15, 0.2) is 0 Å². The number of nitrogens with zero attached hydrogens (tertiary/aromatic N) is 1. The van der Waals surface area contributed by atoms with Crippen LogP contribution in [-0.4, -0.2) is 55.6 Å². The number of anilines is 1. The lowest BCUT2D eigenvalue weighted by molar-refractivity contribution is -0.118. The highest BCUT2D eigenvalue weighted by Crippen LogP contribution is 2.14. The number of benzene rings is 1. The van der Waals surface area contributed by atoms with E-state index in [4.69, 9.17) is 4.74 Å². The molecule has 0 aliphatic carbocycles. The van der Waals surface area contributed by atoms with Gasteiger partial charge in [-0.25, -0.2) is 0 Å². The van der Waals surface area contributed by atoms with Crippen LogP contribution in [0, 0.1) is 0 Å². The van der Waals surface area contributed by atoms with E-state index in [2.05, 4.69) is 15.5 Å². The van der Waals surface area contributed by atoms with Crippen LogP contribution in [0.15, 0.2) is 24.3 Å². The molecule has 0 spiro atoms. The predicted octanol–water partition coefficient (Wildman–Crippen LogP) is 1.88. The highest BCUT2D eigenvalue weighted by atomic mass is 16.5. The van der Waals surface area contributed by atoms with Gasteiger partial charge in [0.1, 0.15) is 0 Å². The molecule has 6 heteroatoms. The molecule has 1 saturated heterocycles. The zero-order valence-corrected chi connectivity index (χ0v) is 14.5. The average molecular weight is 333 g/mol. The van der Waals surface area contributed by atoms with E-state index in [9.17, 15) is 9.59 Å². The number of carbonyl (C=O) groups excluding carboxylic acids is 2. The molecule has 0 atom stereocenters. The maximum Gasteiger partial charge on any atom is 0.251 e.